The maximum atomic E-state index is 10.8. The van der Waals surface area contributed by atoms with Gasteiger partial charge in [-0.2, -0.15) is 0 Å². The van der Waals surface area contributed by atoms with E-state index >= 15 is 0 Å². The Bertz CT molecular complexity index is 447. The van der Waals surface area contributed by atoms with Crippen LogP contribution in [0.3, 0.4) is 0 Å². The van der Waals surface area contributed by atoms with Crippen molar-refractivity contribution < 1.29 is 24.6 Å². The standard InChI is InChI=1S/C10H8O5/c1-5-2-3-6(9(12)13)7(4-11)8(5)10(14)15/h2-4H,1H3,(H,12,13)(H,14,15). The topological polar surface area (TPSA) is 91.7 Å². The van der Waals surface area contributed by atoms with E-state index in [-0.39, 0.29) is 23.0 Å². The van der Waals surface area contributed by atoms with Crippen LogP contribution < -0.4 is 0 Å². The molecule has 0 aliphatic heterocycles. The van der Waals surface area contributed by atoms with Crippen LogP contribution in [0.1, 0.15) is 36.6 Å². The Morgan fingerprint density at radius 3 is 2.20 bits per heavy atom. The maximum Gasteiger partial charge on any atom is 0.336 e. The molecule has 0 radical (unpaired) electrons. The molecule has 15 heavy (non-hydrogen) atoms. The first-order chi connectivity index (χ1) is 6.99. The van der Waals surface area contributed by atoms with Crippen LogP contribution in [0.4, 0.5) is 0 Å². The molecule has 1 aromatic carbocycles. The lowest BCUT2D eigenvalue weighted by Crippen LogP contribution is -2.11. The minimum absolute atomic E-state index is 0.250. The fraction of sp³-hybridized carbons (Fsp3) is 0.100. The van der Waals surface area contributed by atoms with Crippen molar-refractivity contribution in [1.29, 1.82) is 0 Å². The average molecular weight is 208 g/mol. The molecular formula is C10H8O5. The summed E-state index contributed by atoms with van der Waals surface area (Å²) < 4.78 is 0. The summed E-state index contributed by atoms with van der Waals surface area (Å²) in [5.41, 5.74) is -0.498. The molecule has 0 fully saturated rings. The Balaban J connectivity index is 3.61. The van der Waals surface area contributed by atoms with Gasteiger partial charge in [0.2, 0.25) is 0 Å². The van der Waals surface area contributed by atoms with E-state index in [1.807, 2.05) is 0 Å². The summed E-state index contributed by atoms with van der Waals surface area (Å²) in [7, 11) is 0. The largest absolute Gasteiger partial charge is 0.478 e. The van der Waals surface area contributed by atoms with Crippen molar-refractivity contribution in [3.05, 3.63) is 34.4 Å². The van der Waals surface area contributed by atoms with Gasteiger partial charge in [0.15, 0.2) is 6.29 Å². The van der Waals surface area contributed by atoms with Gasteiger partial charge >= 0.3 is 11.9 Å². The first-order valence-corrected chi connectivity index (χ1v) is 4.04. The van der Waals surface area contributed by atoms with E-state index in [1.165, 1.54) is 19.1 Å². The number of hydrogen-bond donors (Lipinski definition) is 2. The van der Waals surface area contributed by atoms with E-state index in [1.54, 1.807) is 0 Å². The Kier molecular flexibility index (Phi) is 2.85. The zero-order chi connectivity index (χ0) is 11.6. The molecule has 0 spiro atoms. The summed E-state index contributed by atoms with van der Waals surface area (Å²) in [6.45, 7) is 1.50. The van der Waals surface area contributed by atoms with Gasteiger partial charge in [0.1, 0.15) is 0 Å². The molecule has 5 heteroatoms. The molecule has 0 aromatic heterocycles. The second-order valence-electron chi connectivity index (χ2n) is 2.95. The van der Waals surface area contributed by atoms with Crippen LogP contribution >= 0.6 is 0 Å². The number of benzene rings is 1. The molecule has 0 bridgehead atoms. The Morgan fingerprint density at radius 1 is 1.20 bits per heavy atom. The SMILES string of the molecule is Cc1ccc(C(=O)O)c(C=O)c1C(=O)O. The normalized spacial score (nSPS) is 9.67. The van der Waals surface area contributed by atoms with E-state index in [9.17, 15) is 14.4 Å². The molecule has 0 saturated heterocycles. The Hall–Kier alpha value is -2.17. The molecule has 0 atom stereocenters. The predicted molar refractivity (Wildman–Crippen MR) is 50.5 cm³/mol. The zero-order valence-corrected chi connectivity index (χ0v) is 7.85. The highest BCUT2D eigenvalue weighted by Gasteiger charge is 2.19. The number of rotatable bonds is 3. The number of carboxylic acid groups (broad SMARTS) is 2. The molecule has 1 rings (SSSR count). The summed E-state index contributed by atoms with van der Waals surface area (Å²) in [5, 5.41) is 17.6. The van der Waals surface area contributed by atoms with Crippen LogP contribution in [0.15, 0.2) is 12.1 Å². The lowest BCUT2D eigenvalue weighted by atomic mass is 9.97. The molecule has 0 unspecified atom stereocenters. The highest BCUT2D eigenvalue weighted by atomic mass is 16.4. The first-order valence-electron chi connectivity index (χ1n) is 4.04. The van der Waals surface area contributed by atoms with Crippen molar-refractivity contribution in [2.45, 2.75) is 6.92 Å². The molecule has 0 saturated carbocycles. The second kappa shape index (κ2) is 3.91. The number of carbonyl (C=O) groups is 3. The van der Waals surface area contributed by atoms with Gasteiger partial charge < -0.3 is 10.2 Å². The van der Waals surface area contributed by atoms with E-state index in [0.29, 0.717) is 5.56 Å². The molecular weight excluding hydrogens is 200 g/mol. The number of aldehydes is 1. The smallest absolute Gasteiger partial charge is 0.336 e. The van der Waals surface area contributed by atoms with Crippen LogP contribution in [0.25, 0.3) is 0 Å². The van der Waals surface area contributed by atoms with E-state index < -0.39 is 11.9 Å². The van der Waals surface area contributed by atoms with Gasteiger partial charge in [0.05, 0.1) is 11.1 Å². The van der Waals surface area contributed by atoms with E-state index in [0.717, 1.165) is 0 Å². The number of hydrogen-bond acceptors (Lipinski definition) is 3. The third-order valence-corrected chi connectivity index (χ3v) is 2.02. The fourth-order valence-corrected chi connectivity index (χ4v) is 1.32. The van der Waals surface area contributed by atoms with Crippen LogP contribution in [0, 0.1) is 6.92 Å². The lowest BCUT2D eigenvalue weighted by Gasteiger charge is -2.06. The summed E-state index contributed by atoms with van der Waals surface area (Å²) in [6.07, 6.45) is 0.250. The van der Waals surface area contributed by atoms with Gasteiger partial charge in [-0.25, -0.2) is 9.59 Å². The maximum absolute atomic E-state index is 10.8. The Morgan fingerprint density at radius 2 is 1.80 bits per heavy atom. The minimum Gasteiger partial charge on any atom is -0.478 e. The van der Waals surface area contributed by atoms with E-state index in [2.05, 4.69) is 0 Å². The second-order valence-corrected chi connectivity index (χ2v) is 2.95. The summed E-state index contributed by atoms with van der Waals surface area (Å²) in [5.74, 6) is -2.63. The monoisotopic (exact) mass is 208 g/mol. The molecule has 78 valence electrons. The van der Waals surface area contributed by atoms with Crippen molar-refractivity contribution in [3.8, 4) is 0 Å². The van der Waals surface area contributed by atoms with Gasteiger partial charge in [-0.15, -0.1) is 0 Å². The van der Waals surface area contributed by atoms with Gasteiger partial charge in [-0.05, 0) is 18.6 Å². The van der Waals surface area contributed by atoms with Gasteiger partial charge in [0.25, 0.3) is 0 Å². The molecule has 0 amide bonds. The quantitative estimate of drug-likeness (QED) is 0.728. The van der Waals surface area contributed by atoms with Gasteiger partial charge in [-0.1, -0.05) is 6.07 Å². The lowest BCUT2D eigenvalue weighted by molar-refractivity contribution is 0.0691. The molecule has 5 nitrogen and oxygen atoms in total. The summed E-state index contributed by atoms with van der Waals surface area (Å²) in [6, 6.07) is 2.58. The zero-order valence-electron chi connectivity index (χ0n) is 7.85. The first kappa shape index (κ1) is 10.9. The molecule has 0 aliphatic carbocycles. The van der Waals surface area contributed by atoms with Crippen molar-refractivity contribution in [2.75, 3.05) is 0 Å². The van der Waals surface area contributed by atoms with Crippen LogP contribution in [0.5, 0.6) is 0 Å². The number of aryl methyl sites for hydroxylation is 1. The van der Waals surface area contributed by atoms with Crippen molar-refractivity contribution in [1.82, 2.24) is 0 Å². The Labute approximate surface area is 85.0 Å². The fourth-order valence-electron chi connectivity index (χ4n) is 1.32. The highest BCUT2D eigenvalue weighted by Crippen LogP contribution is 2.17. The highest BCUT2D eigenvalue weighted by molar-refractivity contribution is 6.06. The number of carbonyl (C=O) groups excluding carboxylic acids is 1. The van der Waals surface area contributed by atoms with Crippen molar-refractivity contribution in [3.63, 3.8) is 0 Å². The average Bonchev–Trinajstić information content (AvgIpc) is 2.15. The molecule has 0 heterocycles. The third kappa shape index (κ3) is 1.85. The van der Waals surface area contributed by atoms with Gasteiger partial charge in [0, 0.05) is 5.56 Å². The summed E-state index contributed by atoms with van der Waals surface area (Å²) in [4.78, 5) is 32.2. The van der Waals surface area contributed by atoms with Crippen molar-refractivity contribution in [2.24, 2.45) is 0 Å². The van der Waals surface area contributed by atoms with Crippen LogP contribution in [-0.4, -0.2) is 28.4 Å². The summed E-state index contributed by atoms with van der Waals surface area (Å²) >= 11 is 0. The van der Waals surface area contributed by atoms with Crippen molar-refractivity contribution >= 4 is 18.2 Å². The molecule has 0 aliphatic rings. The van der Waals surface area contributed by atoms with E-state index in [4.69, 9.17) is 10.2 Å². The number of aromatic carboxylic acids is 2. The van der Waals surface area contributed by atoms with Crippen LogP contribution in [0.2, 0.25) is 0 Å². The molecule has 2 N–H and O–H groups in total. The predicted octanol–water partition coefficient (Wildman–Crippen LogP) is 1.20. The third-order valence-electron chi connectivity index (χ3n) is 2.02. The van der Waals surface area contributed by atoms with Gasteiger partial charge in [-0.3, -0.25) is 4.79 Å². The number of carboxylic acids is 2. The van der Waals surface area contributed by atoms with Crippen LogP contribution in [-0.2, 0) is 0 Å². The molecule has 1 aromatic rings. The minimum atomic E-state index is -1.32.